The molecule has 19 heavy (non-hydrogen) atoms. The number of fused-ring (bicyclic) bond motifs is 1. The number of rotatable bonds is 8. The van der Waals surface area contributed by atoms with Crippen molar-refractivity contribution in [3.05, 3.63) is 22.2 Å². The van der Waals surface area contributed by atoms with E-state index in [4.69, 9.17) is 23.7 Å². The summed E-state index contributed by atoms with van der Waals surface area (Å²) >= 11 is 3.49. The number of halogens is 1. The van der Waals surface area contributed by atoms with Gasteiger partial charge in [-0.1, -0.05) is 15.9 Å². The Hall–Kier alpha value is -0.820. The Balaban J connectivity index is 1.71. The lowest BCUT2D eigenvalue weighted by Crippen LogP contribution is -2.08. The molecule has 0 atom stereocenters. The minimum atomic E-state index is 0.277. The molecular weight excluding hydrogens is 316 g/mol. The molecule has 2 rings (SSSR count). The van der Waals surface area contributed by atoms with Crippen molar-refractivity contribution in [2.45, 2.75) is 6.61 Å². The van der Waals surface area contributed by atoms with Crippen LogP contribution >= 0.6 is 15.9 Å². The summed E-state index contributed by atoms with van der Waals surface area (Å²) in [6.45, 7) is 3.09. The molecule has 0 unspecified atom stereocenters. The van der Waals surface area contributed by atoms with Crippen molar-refractivity contribution in [3.63, 3.8) is 0 Å². The van der Waals surface area contributed by atoms with Gasteiger partial charge >= 0.3 is 0 Å². The molecule has 0 amide bonds. The fraction of sp³-hybridized carbons (Fsp3) is 0.538. The van der Waals surface area contributed by atoms with Crippen LogP contribution in [-0.4, -0.2) is 40.3 Å². The third kappa shape index (κ3) is 4.35. The van der Waals surface area contributed by atoms with E-state index in [0.717, 1.165) is 21.5 Å². The third-order valence-electron chi connectivity index (χ3n) is 2.60. The van der Waals surface area contributed by atoms with Gasteiger partial charge in [0.2, 0.25) is 6.79 Å². The Morgan fingerprint density at radius 1 is 1.05 bits per heavy atom. The lowest BCUT2D eigenvalue weighted by molar-refractivity contribution is 0.0198. The molecule has 1 aromatic rings. The molecule has 6 heteroatoms. The van der Waals surface area contributed by atoms with Gasteiger partial charge in [-0.05, 0) is 17.7 Å². The van der Waals surface area contributed by atoms with Gasteiger partial charge in [0.25, 0.3) is 0 Å². The smallest absolute Gasteiger partial charge is 0.231 e. The second-order valence-electron chi connectivity index (χ2n) is 3.95. The molecular formula is C13H17BrO5. The van der Waals surface area contributed by atoms with Gasteiger partial charge in [0.1, 0.15) is 0 Å². The average Bonchev–Trinajstić information content (AvgIpc) is 2.84. The summed E-state index contributed by atoms with van der Waals surface area (Å²) in [6, 6.07) is 3.83. The predicted octanol–water partition coefficient (Wildman–Crippen LogP) is 2.36. The molecule has 0 bridgehead atoms. The molecule has 5 nitrogen and oxygen atoms in total. The normalized spacial score (nSPS) is 12.9. The first-order chi connectivity index (χ1) is 9.31. The van der Waals surface area contributed by atoms with Gasteiger partial charge in [-0.25, -0.2) is 0 Å². The fourth-order valence-electron chi connectivity index (χ4n) is 1.61. The van der Waals surface area contributed by atoms with E-state index in [9.17, 15) is 0 Å². The number of hydrogen-bond donors (Lipinski definition) is 0. The van der Waals surface area contributed by atoms with E-state index >= 15 is 0 Å². The average molecular weight is 333 g/mol. The maximum Gasteiger partial charge on any atom is 0.231 e. The van der Waals surface area contributed by atoms with Gasteiger partial charge in [-0.3, -0.25) is 0 Å². The molecule has 0 radical (unpaired) electrons. The topological polar surface area (TPSA) is 46.2 Å². The van der Waals surface area contributed by atoms with Crippen LogP contribution in [0.15, 0.2) is 16.6 Å². The van der Waals surface area contributed by atoms with Crippen molar-refractivity contribution in [2.75, 3.05) is 40.3 Å². The molecule has 1 aromatic carbocycles. The SMILES string of the molecule is COCCOCCOCc1cc2c(cc1Br)OCO2. The highest BCUT2D eigenvalue weighted by molar-refractivity contribution is 9.10. The summed E-state index contributed by atoms with van der Waals surface area (Å²) < 4.78 is 27.3. The van der Waals surface area contributed by atoms with Crippen LogP contribution in [0.3, 0.4) is 0 Å². The monoisotopic (exact) mass is 332 g/mol. The van der Waals surface area contributed by atoms with Crippen LogP contribution in [0.5, 0.6) is 11.5 Å². The second kappa shape index (κ2) is 7.69. The first-order valence-electron chi connectivity index (χ1n) is 6.03. The van der Waals surface area contributed by atoms with Crippen LogP contribution < -0.4 is 9.47 Å². The third-order valence-corrected chi connectivity index (χ3v) is 3.34. The standard InChI is InChI=1S/C13H17BrO5/c1-15-2-3-16-4-5-17-8-10-6-12-13(7-11(10)14)19-9-18-12/h6-7H,2-5,8-9H2,1H3. The summed E-state index contributed by atoms with van der Waals surface area (Å²) in [7, 11) is 1.65. The summed E-state index contributed by atoms with van der Waals surface area (Å²) in [4.78, 5) is 0. The van der Waals surface area contributed by atoms with Crippen molar-refractivity contribution < 1.29 is 23.7 Å². The van der Waals surface area contributed by atoms with E-state index in [1.807, 2.05) is 12.1 Å². The zero-order valence-corrected chi connectivity index (χ0v) is 12.4. The van der Waals surface area contributed by atoms with E-state index in [1.54, 1.807) is 7.11 Å². The largest absolute Gasteiger partial charge is 0.454 e. The van der Waals surface area contributed by atoms with Crippen molar-refractivity contribution in [2.24, 2.45) is 0 Å². The summed E-state index contributed by atoms with van der Waals surface area (Å²) in [5.74, 6) is 1.52. The Bertz CT molecular complexity index is 410. The maximum absolute atomic E-state index is 5.55. The molecule has 0 fully saturated rings. The second-order valence-corrected chi connectivity index (χ2v) is 4.81. The Morgan fingerprint density at radius 3 is 2.53 bits per heavy atom. The van der Waals surface area contributed by atoms with Crippen molar-refractivity contribution in [1.29, 1.82) is 0 Å². The van der Waals surface area contributed by atoms with Crippen molar-refractivity contribution in [1.82, 2.24) is 0 Å². The highest BCUT2D eigenvalue weighted by Crippen LogP contribution is 2.37. The van der Waals surface area contributed by atoms with E-state index < -0.39 is 0 Å². The number of ether oxygens (including phenoxy) is 5. The first-order valence-corrected chi connectivity index (χ1v) is 6.83. The highest BCUT2D eigenvalue weighted by Gasteiger charge is 2.16. The van der Waals surface area contributed by atoms with Gasteiger partial charge < -0.3 is 23.7 Å². The predicted molar refractivity (Wildman–Crippen MR) is 72.6 cm³/mol. The lowest BCUT2D eigenvalue weighted by atomic mass is 10.2. The maximum atomic E-state index is 5.55. The molecule has 106 valence electrons. The van der Waals surface area contributed by atoms with Crippen LogP contribution in [0.25, 0.3) is 0 Å². The fourth-order valence-corrected chi connectivity index (χ4v) is 2.05. The van der Waals surface area contributed by atoms with Gasteiger partial charge in [0.15, 0.2) is 11.5 Å². The van der Waals surface area contributed by atoms with Crippen molar-refractivity contribution in [3.8, 4) is 11.5 Å². The Labute approximate surface area is 120 Å². The van der Waals surface area contributed by atoms with Gasteiger partial charge in [-0.15, -0.1) is 0 Å². The molecule has 0 aromatic heterocycles. The summed E-state index contributed by atoms with van der Waals surface area (Å²) in [5, 5.41) is 0. The van der Waals surface area contributed by atoms with Crippen LogP contribution in [0, 0.1) is 0 Å². The van der Waals surface area contributed by atoms with E-state index in [0.29, 0.717) is 33.0 Å². The highest BCUT2D eigenvalue weighted by atomic mass is 79.9. The quantitative estimate of drug-likeness (QED) is 0.684. The van der Waals surface area contributed by atoms with Crippen LogP contribution in [0.2, 0.25) is 0 Å². The molecule has 1 aliphatic rings. The first kappa shape index (κ1) is 14.6. The number of benzene rings is 1. The molecule has 1 heterocycles. The molecule has 1 aliphatic heterocycles. The van der Waals surface area contributed by atoms with E-state index in [1.165, 1.54) is 0 Å². The molecule has 0 spiro atoms. The van der Waals surface area contributed by atoms with Gasteiger partial charge in [-0.2, -0.15) is 0 Å². The summed E-state index contributed by atoms with van der Waals surface area (Å²) in [5.41, 5.74) is 1.03. The zero-order valence-electron chi connectivity index (χ0n) is 10.8. The zero-order chi connectivity index (χ0) is 13.5. The van der Waals surface area contributed by atoms with Crippen molar-refractivity contribution >= 4 is 15.9 Å². The Morgan fingerprint density at radius 2 is 1.74 bits per heavy atom. The van der Waals surface area contributed by atoms with Crippen LogP contribution in [0.1, 0.15) is 5.56 Å². The van der Waals surface area contributed by atoms with Gasteiger partial charge in [0, 0.05) is 11.6 Å². The van der Waals surface area contributed by atoms with Crippen LogP contribution in [-0.2, 0) is 20.8 Å². The summed E-state index contributed by atoms with van der Waals surface area (Å²) in [6.07, 6.45) is 0. The molecule has 0 N–H and O–H groups in total. The van der Waals surface area contributed by atoms with Gasteiger partial charge in [0.05, 0.1) is 33.0 Å². The molecule has 0 saturated heterocycles. The van der Waals surface area contributed by atoms with Crippen LogP contribution in [0.4, 0.5) is 0 Å². The molecule has 0 aliphatic carbocycles. The molecule has 0 saturated carbocycles. The lowest BCUT2D eigenvalue weighted by Gasteiger charge is -2.08. The minimum absolute atomic E-state index is 0.277. The van der Waals surface area contributed by atoms with E-state index in [2.05, 4.69) is 15.9 Å². The number of methoxy groups -OCH3 is 1. The van der Waals surface area contributed by atoms with E-state index in [-0.39, 0.29) is 6.79 Å². The number of hydrogen-bond acceptors (Lipinski definition) is 5. The Kier molecular flexibility index (Phi) is 5.91. The minimum Gasteiger partial charge on any atom is -0.454 e.